The Labute approximate surface area is 192 Å². The van der Waals surface area contributed by atoms with Crippen LogP contribution in [0.5, 0.6) is 5.75 Å². The Hall–Kier alpha value is -3.16. The Morgan fingerprint density at radius 1 is 1.00 bits per heavy atom. The summed E-state index contributed by atoms with van der Waals surface area (Å²) in [6.45, 7) is 4.32. The van der Waals surface area contributed by atoms with Crippen molar-refractivity contribution in [3.8, 4) is 5.75 Å². The number of pyridine rings is 1. The number of fused-ring (bicyclic) bond motifs is 1. The number of halogens is 2. The lowest BCUT2D eigenvalue weighted by molar-refractivity contribution is 0.340. The van der Waals surface area contributed by atoms with Crippen LogP contribution in [0.3, 0.4) is 0 Å². The molecule has 8 heteroatoms. The van der Waals surface area contributed by atoms with Crippen molar-refractivity contribution in [1.29, 1.82) is 0 Å². The molecular weight excluding hydrogens is 451 g/mol. The number of hydrogen-bond acceptors (Lipinski definition) is 5. The van der Waals surface area contributed by atoms with Crippen LogP contribution >= 0.6 is 12.4 Å². The first-order chi connectivity index (χ1) is 14.9. The fourth-order valence-electron chi connectivity index (χ4n) is 3.27. The molecule has 0 aliphatic rings. The molecule has 0 spiro atoms. The van der Waals surface area contributed by atoms with Crippen molar-refractivity contribution in [1.82, 2.24) is 4.98 Å². The van der Waals surface area contributed by atoms with Crippen molar-refractivity contribution in [2.45, 2.75) is 23.6 Å². The van der Waals surface area contributed by atoms with Gasteiger partial charge < -0.3 is 10.1 Å². The van der Waals surface area contributed by atoms with Crippen LogP contribution in [0, 0.1) is 12.7 Å². The van der Waals surface area contributed by atoms with Gasteiger partial charge in [-0.2, -0.15) is 0 Å². The van der Waals surface area contributed by atoms with E-state index in [1.165, 1.54) is 24.4 Å². The number of sulfone groups is 1. The lowest BCUT2D eigenvalue weighted by Gasteiger charge is -2.16. The van der Waals surface area contributed by atoms with E-state index in [0.29, 0.717) is 28.9 Å². The molecule has 32 heavy (non-hydrogen) atoms. The van der Waals surface area contributed by atoms with Gasteiger partial charge >= 0.3 is 0 Å². The standard InChI is InChI=1S/C24H21FN2O3S.ClH/c1-3-30-19-9-7-18(8-10-19)27-24-21-14-17(25)6-13-22(21)26-15-23(24)31(28,29)20-11-4-16(2)5-12-20;/h4-15H,3H2,1-2H3,(H,26,27);1H. The summed E-state index contributed by atoms with van der Waals surface area (Å²) in [5, 5.41) is 3.53. The van der Waals surface area contributed by atoms with Crippen LogP contribution in [0.2, 0.25) is 0 Å². The number of hydrogen-bond donors (Lipinski definition) is 1. The predicted molar refractivity (Wildman–Crippen MR) is 126 cm³/mol. The van der Waals surface area contributed by atoms with Crippen LogP contribution < -0.4 is 10.1 Å². The zero-order chi connectivity index (χ0) is 22.0. The molecule has 166 valence electrons. The van der Waals surface area contributed by atoms with Crippen LogP contribution in [0.25, 0.3) is 10.9 Å². The number of nitrogens with zero attached hydrogens (tertiary/aromatic N) is 1. The van der Waals surface area contributed by atoms with Gasteiger partial charge in [-0.25, -0.2) is 12.8 Å². The fourth-order valence-corrected chi connectivity index (χ4v) is 4.64. The molecule has 1 N–H and O–H groups in total. The second-order valence-corrected chi connectivity index (χ2v) is 8.98. The van der Waals surface area contributed by atoms with Crippen molar-refractivity contribution in [2.75, 3.05) is 11.9 Å². The Morgan fingerprint density at radius 2 is 1.69 bits per heavy atom. The van der Waals surface area contributed by atoms with E-state index in [1.807, 2.05) is 13.8 Å². The minimum atomic E-state index is -3.90. The summed E-state index contributed by atoms with van der Waals surface area (Å²) >= 11 is 0. The van der Waals surface area contributed by atoms with Gasteiger partial charge in [-0.05, 0) is 68.4 Å². The van der Waals surface area contributed by atoms with Crippen molar-refractivity contribution in [3.63, 3.8) is 0 Å². The highest BCUT2D eigenvalue weighted by Crippen LogP contribution is 2.35. The summed E-state index contributed by atoms with van der Waals surface area (Å²) in [4.78, 5) is 4.39. The number of ether oxygens (including phenoxy) is 1. The molecule has 1 aromatic heterocycles. The molecule has 4 rings (SSSR count). The maximum atomic E-state index is 14.1. The summed E-state index contributed by atoms with van der Waals surface area (Å²) in [6, 6.07) is 17.8. The van der Waals surface area contributed by atoms with Crippen molar-refractivity contribution in [3.05, 3.63) is 84.3 Å². The Balaban J connectivity index is 0.00000289. The largest absolute Gasteiger partial charge is 0.494 e. The number of nitrogens with one attached hydrogen (secondary N) is 1. The molecule has 5 nitrogen and oxygen atoms in total. The molecule has 0 saturated carbocycles. The number of aromatic nitrogens is 1. The lowest BCUT2D eigenvalue weighted by Crippen LogP contribution is -2.07. The average molecular weight is 473 g/mol. The van der Waals surface area contributed by atoms with Gasteiger partial charge in [-0.15, -0.1) is 12.4 Å². The molecule has 1 heterocycles. The number of anilines is 2. The smallest absolute Gasteiger partial charge is 0.210 e. The Kier molecular flexibility index (Phi) is 7.01. The molecular formula is C24H22ClFN2O3S. The third-order valence-corrected chi connectivity index (χ3v) is 6.63. The van der Waals surface area contributed by atoms with Crippen LogP contribution in [0.4, 0.5) is 15.8 Å². The van der Waals surface area contributed by atoms with Crippen molar-refractivity contribution in [2.24, 2.45) is 0 Å². The van der Waals surface area contributed by atoms with Gasteiger partial charge in [-0.1, -0.05) is 17.7 Å². The predicted octanol–water partition coefficient (Wildman–Crippen LogP) is 6.08. The van der Waals surface area contributed by atoms with E-state index in [1.54, 1.807) is 48.5 Å². The molecule has 3 aromatic carbocycles. The molecule has 0 atom stereocenters. The molecule has 0 unspecified atom stereocenters. The summed E-state index contributed by atoms with van der Waals surface area (Å²) in [6.07, 6.45) is 1.31. The Morgan fingerprint density at radius 3 is 2.34 bits per heavy atom. The van der Waals surface area contributed by atoms with E-state index >= 15 is 0 Å². The SMILES string of the molecule is CCOc1ccc(Nc2c(S(=O)(=O)c3ccc(C)cc3)cnc3ccc(F)cc23)cc1.Cl. The zero-order valence-corrected chi connectivity index (χ0v) is 19.1. The molecule has 0 radical (unpaired) electrons. The molecule has 0 fully saturated rings. The summed E-state index contributed by atoms with van der Waals surface area (Å²) in [5.74, 6) is 0.222. The van der Waals surface area contributed by atoms with E-state index in [-0.39, 0.29) is 27.9 Å². The highest BCUT2D eigenvalue weighted by atomic mass is 35.5. The third kappa shape index (κ3) is 4.69. The summed E-state index contributed by atoms with van der Waals surface area (Å²) < 4.78 is 46.4. The first-order valence-electron chi connectivity index (χ1n) is 9.78. The Bertz CT molecular complexity index is 1340. The number of aryl methyl sites for hydroxylation is 1. The average Bonchev–Trinajstić information content (AvgIpc) is 2.76. The topological polar surface area (TPSA) is 68.3 Å². The van der Waals surface area contributed by atoms with Crippen molar-refractivity contribution >= 4 is 44.5 Å². The minimum absolute atomic E-state index is 0. The minimum Gasteiger partial charge on any atom is -0.494 e. The maximum Gasteiger partial charge on any atom is 0.210 e. The highest BCUT2D eigenvalue weighted by Gasteiger charge is 2.24. The maximum absolute atomic E-state index is 14.1. The molecule has 0 amide bonds. The lowest BCUT2D eigenvalue weighted by atomic mass is 10.1. The number of benzene rings is 3. The van der Waals surface area contributed by atoms with Gasteiger partial charge in [-0.3, -0.25) is 4.98 Å². The van der Waals surface area contributed by atoms with Gasteiger partial charge in [0.15, 0.2) is 0 Å². The van der Waals surface area contributed by atoms with Crippen LogP contribution in [-0.2, 0) is 9.84 Å². The second-order valence-electron chi connectivity index (χ2n) is 7.06. The molecule has 0 aliphatic carbocycles. The highest BCUT2D eigenvalue weighted by molar-refractivity contribution is 7.91. The van der Waals surface area contributed by atoms with E-state index < -0.39 is 15.7 Å². The van der Waals surface area contributed by atoms with E-state index in [9.17, 15) is 12.8 Å². The van der Waals surface area contributed by atoms with Crippen LogP contribution in [0.1, 0.15) is 12.5 Å². The fraction of sp³-hybridized carbons (Fsp3) is 0.125. The summed E-state index contributed by atoms with van der Waals surface area (Å²) in [5.41, 5.74) is 2.35. The quantitative estimate of drug-likeness (QED) is 0.368. The summed E-state index contributed by atoms with van der Waals surface area (Å²) in [7, 11) is -3.90. The van der Waals surface area contributed by atoms with Gasteiger partial charge in [0.25, 0.3) is 0 Å². The van der Waals surface area contributed by atoms with Crippen LogP contribution in [-0.4, -0.2) is 20.0 Å². The molecule has 4 aromatic rings. The third-order valence-electron chi connectivity index (χ3n) is 4.85. The molecule has 0 aliphatic heterocycles. The van der Waals surface area contributed by atoms with Gasteiger partial charge in [0.05, 0.1) is 22.7 Å². The monoisotopic (exact) mass is 472 g/mol. The van der Waals surface area contributed by atoms with Gasteiger partial charge in [0.1, 0.15) is 16.5 Å². The van der Waals surface area contributed by atoms with E-state index in [4.69, 9.17) is 4.74 Å². The number of rotatable bonds is 6. The van der Waals surface area contributed by atoms with Gasteiger partial charge in [0.2, 0.25) is 9.84 Å². The van der Waals surface area contributed by atoms with Gasteiger partial charge in [0, 0.05) is 17.3 Å². The van der Waals surface area contributed by atoms with Crippen LogP contribution in [0.15, 0.2) is 82.7 Å². The first-order valence-corrected chi connectivity index (χ1v) is 11.3. The van der Waals surface area contributed by atoms with E-state index in [0.717, 1.165) is 5.56 Å². The molecule has 0 saturated heterocycles. The van der Waals surface area contributed by atoms with E-state index in [2.05, 4.69) is 10.3 Å². The molecule has 0 bridgehead atoms. The second kappa shape index (κ2) is 9.54. The van der Waals surface area contributed by atoms with Crippen molar-refractivity contribution < 1.29 is 17.5 Å². The zero-order valence-electron chi connectivity index (χ0n) is 17.5. The first kappa shape index (κ1) is 23.5. The normalized spacial score (nSPS) is 11.1.